The van der Waals surface area contributed by atoms with E-state index in [9.17, 15) is 0 Å². The zero-order valence-electron chi connectivity index (χ0n) is 15.3. The summed E-state index contributed by atoms with van der Waals surface area (Å²) < 4.78 is 5.54. The summed E-state index contributed by atoms with van der Waals surface area (Å²) >= 11 is 1.71. The third-order valence-electron chi connectivity index (χ3n) is 3.25. The van der Waals surface area contributed by atoms with Gasteiger partial charge in [0.1, 0.15) is 0 Å². The topological polar surface area (TPSA) is 71.4 Å². The quantitative estimate of drug-likeness (QED) is 0.381. The van der Waals surface area contributed by atoms with Crippen LogP contribution in [0.25, 0.3) is 0 Å². The molecular formula is C17H26IN5OS. The lowest BCUT2D eigenvalue weighted by Gasteiger charge is -2.12. The van der Waals surface area contributed by atoms with Crippen LogP contribution in [-0.4, -0.2) is 29.1 Å². The van der Waals surface area contributed by atoms with Crippen LogP contribution in [0.2, 0.25) is 0 Å². The van der Waals surface area contributed by atoms with Crippen molar-refractivity contribution < 1.29 is 4.74 Å². The van der Waals surface area contributed by atoms with Crippen molar-refractivity contribution in [2.75, 3.05) is 7.05 Å². The summed E-state index contributed by atoms with van der Waals surface area (Å²) in [5, 5.41) is 7.68. The number of guanidine groups is 1. The number of rotatable bonds is 6. The Hall–Kier alpha value is -1.42. The van der Waals surface area contributed by atoms with Gasteiger partial charge in [-0.15, -0.1) is 35.3 Å². The highest BCUT2D eigenvalue weighted by Crippen LogP contribution is 2.16. The van der Waals surface area contributed by atoms with Gasteiger partial charge in [-0.3, -0.25) is 4.99 Å². The molecule has 2 rings (SSSR count). The highest BCUT2D eigenvalue weighted by molar-refractivity contribution is 14.0. The second-order valence-electron chi connectivity index (χ2n) is 5.69. The first kappa shape index (κ1) is 21.6. The molecule has 0 aliphatic heterocycles. The number of aliphatic imine (C=N–C) groups is 1. The van der Waals surface area contributed by atoms with E-state index in [2.05, 4.69) is 25.6 Å². The molecule has 2 heterocycles. The number of thiazole rings is 1. The van der Waals surface area contributed by atoms with E-state index in [0.717, 1.165) is 28.8 Å². The second-order valence-corrected chi connectivity index (χ2v) is 6.98. The van der Waals surface area contributed by atoms with E-state index in [-0.39, 0.29) is 30.1 Å². The highest BCUT2D eigenvalue weighted by atomic mass is 127. The van der Waals surface area contributed by atoms with E-state index in [1.54, 1.807) is 18.4 Å². The van der Waals surface area contributed by atoms with E-state index in [1.165, 1.54) is 4.88 Å². The second kappa shape index (κ2) is 10.5. The van der Waals surface area contributed by atoms with Gasteiger partial charge in [0.15, 0.2) is 5.96 Å². The normalized spacial score (nSPS) is 11.2. The van der Waals surface area contributed by atoms with E-state index in [0.29, 0.717) is 12.4 Å². The molecule has 138 valence electrons. The maximum atomic E-state index is 5.54. The van der Waals surface area contributed by atoms with Crippen LogP contribution in [0.5, 0.6) is 5.88 Å². The van der Waals surface area contributed by atoms with E-state index < -0.39 is 0 Å². The summed E-state index contributed by atoms with van der Waals surface area (Å²) in [6.07, 6.45) is 1.94. The average Bonchev–Trinajstić information content (AvgIpc) is 2.86. The van der Waals surface area contributed by atoms with Crippen LogP contribution < -0.4 is 15.4 Å². The Morgan fingerprint density at radius 3 is 2.48 bits per heavy atom. The summed E-state index contributed by atoms with van der Waals surface area (Å²) in [7, 11) is 1.76. The molecule has 0 bridgehead atoms. The smallest absolute Gasteiger partial charge is 0.213 e. The first-order chi connectivity index (χ1) is 11.5. The van der Waals surface area contributed by atoms with Crippen molar-refractivity contribution in [2.45, 2.75) is 46.9 Å². The Morgan fingerprint density at radius 1 is 1.24 bits per heavy atom. The minimum Gasteiger partial charge on any atom is -0.475 e. The predicted molar refractivity (Wildman–Crippen MR) is 114 cm³/mol. The molecule has 8 heteroatoms. The fourth-order valence-electron chi connectivity index (χ4n) is 2.13. The van der Waals surface area contributed by atoms with Gasteiger partial charge >= 0.3 is 0 Å². The molecule has 0 fully saturated rings. The number of nitrogens with zero attached hydrogens (tertiary/aromatic N) is 3. The fourth-order valence-corrected chi connectivity index (χ4v) is 3.01. The Morgan fingerprint density at radius 2 is 1.96 bits per heavy atom. The van der Waals surface area contributed by atoms with Gasteiger partial charge in [0.05, 0.1) is 23.4 Å². The molecule has 0 radical (unpaired) electrons. The molecule has 0 saturated carbocycles. The summed E-state index contributed by atoms with van der Waals surface area (Å²) in [6, 6.07) is 3.89. The number of ether oxygens (including phenoxy) is 1. The molecule has 0 spiro atoms. The highest BCUT2D eigenvalue weighted by Gasteiger charge is 2.06. The van der Waals surface area contributed by atoms with Crippen LogP contribution in [0.4, 0.5) is 0 Å². The largest absolute Gasteiger partial charge is 0.475 e. The lowest BCUT2D eigenvalue weighted by atomic mass is 10.3. The van der Waals surface area contributed by atoms with Crippen molar-refractivity contribution in [1.29, 1.82) is 0 Å². The number of hydrogen-bond acceptors (Lipinski definition) is 5. The zero-order chi connectivity index (χ0) is 17.5. The van der Waals surface area contributed by atoms with Gasteiger partial charge in [-0.1, -0.05) is 6.07 Å². The van der Waals surface area contributed by atoms with E-state index >= 15 is 0 Å². The van der Waals surface area contributed by atoms with Crippen molar-refractivity contribution in [2.24, 2.45) is 4.99 Å². The first-order valence-electron chi connectivity index (χ1n) is 7.97. The summed E-state index contributed by atoms with van der Waals surface area (Å²) in [5.41, 5.74) is 2.14. The van der Waals surface area contributed by atoms with Crippen molar-refractivity contribution in [3.05, 3.63) is 39.5 Å². The molecule has 0 atom stereocenters. The van der Waals surface area contributed by atoms with Crippen LogP contribution in [0.1, 0.15) is 35.0 Å². The van der Waals surface area contributed by atoms with Gasteiger partial charge in [-0.25, -0.2) is 9.97 Å². The lowest BCUT2D eigenvalue weighted by Crippen LogP contribution is -2.36. The molecule has 2 aromatic heterocycles. The maximum Gasteiger partial charge on any atom is 0.213 e. The summed E-state index contributed by atoms with van der Waals surface area (Å²) in [6.45, 7) is 9.39. The number of aromatic nitrogens is 2. The van der Waals surface area contributed by atoms with Crippen molar-refractivity contribution in [3.8, 4) is 5.88 Å². The van der Waals surface area contributed by atoms with E-state index in [1.807, 2.05) is 46.0 Å². The van der Waals surface area contributed by atoms with Gasteiger partial charge in [0.2, 0.25) is 5.88 Å². The Kier molecular flexibility index (Phi) is 9.12. The van der Waals surface area contributed by atoms with Gasteiger partial charge in [-0.05, 0) is 33.3 Å². The Labute approximate surface area is 170 Å². The average molecular weight is 475 g/mol. The van der Waals surface area contributed by atoms with Crippen LogP contribution in [0, 0.1) is 13.8 Å². The van der Waals surface area contributed by atoms with Crippen LogP contribution >= 0.6 is 35.3 Å². The van der Waals surface area contributed by atoms with Crippen molar-refractivity contribution >= 4 is 41.3 Å². The van der Waals surface area contributed by atoms with Gasteiger partial charge in [0, 0.05) is 30.7 Å². The summed E-state index contributed by atoms with van der Waals surface area (Å²) in [5.74, 6) is 1.40. The molecule has 0 unspecified atom stereocenters. The Balaban J connectivity index is 0.00000312. The minimum absolute atomic E-state index is 0. The molecular weight excluding hydrogens is 449 g/mol. The monoisotopic (exact) mass is 475 g/mol. The molecule has 6 nitrogen and oxygen atoms in total. The van der Waals surface area contributed by atoms with E-state index in [4.69, 9.17) is 4.74 Å². The van der Waals surface area contributed by atoms with Gasteiger partial charge in [0.25, 0.3) is 0 Å². The SMILES string of the molecule is CN=C(NCc1ccc(OC(C)C)nc1)NCc1sc(C)nc1C.I. The lowest BCUT2D eigenvalue weighted by molar-refractivity contribution is 0.232. The zero-order valence-corrected chi connectivity index (χ0v) is 18.4. The third kappa shape index (κ3) is 7.15. The molecule has 0 saturated heterocycles. The minimum atomic E-state index is 0. The molecule has 0 aliphatic carbocycles. The first-order valence-corrected chi connectivity index (χ1v) is 8.78. The predicted octanol–water partition coefficient (Wildman–Crippen LogP) is 3.43. The molecule has 25 heavy (non-hydrogen) atoms. The maximum absolute atomic E-state index is 5.54. The number of halogens is 1. The van der Waals surface area contributed by atoms with Crippen molar-refractivity contribution in [3.63, 3.8) is 0 Å². The Bertz CT molecular complexity index is 685. The number of hydrogen-bond donors (Lipinski definition) is 2. The van der Waals surface area contributed by atoms with Crippen molar-refractivity contribution in [1.82, 2.24) is 20.6 Å². The number of nitrogens with one attached hydrogen (secondary N) is 2. The van der Waals surface area contributed by atoms with Gasteiger partial charge in [-0.2, -0.15) is 0 Å². The number of pyridine rings is 1. The summed E-state index contributed by atoms with van der Waals surface area (Å²) in [4.78, 5) is 14.2. The number of aryl methyl sites for hydroxylation is 2. The third-order valence-corrected chi connectivity index (χ3v) is 4.33. The molecule has 0 aromatic carbocycles. The van der Waals surface area contributed by atoms with Crippen LogP contribution in [0.15, 0.2) is 23.3 Å². The van der Waals surface area contributed by atoms with Crippen LogP contribution in [-0.2, 0) is 13.1 Å². The van der Waals surface area contributed by atoms with Crippen LogP contribution in [0.3, 0.4) is 0 Å². The molecule has 2 aromatic rings. The molecule has 2 N–H and O–H groups in total. The van der Waals surface area contributed by atoms with Gasteiger partial charge < -0.3 is 15.4 Å². The standard InChI is InChI=1S/C17H25N5OS.HI/c1-11(2)23-16-7-6-14(8-19-16)9-20-17(18-5)21-10-15-12(3)22-13(4)24-15;/h6-8,11H,9-10H2,1-5H3,(H2,18,20,21);1H. The fraction of sp³-hybridized carbons (Fsp3) is 0.471. The molecule has 0 amide bonds. The molecule has 0 aliphatic rings.